The van der Waals surface area contributed by atoms with Crippen LogP contribution in [-0.2, 0) is 25.7 Å². The maximum absolute atomic E-state index is 2.68. The van der Waals surface area contributed by atoms with Gasteiger partial charge in [-0.1, -0.05) is 169 Å². The van der Waals surface area contributed by atoms with Crippen molar-refractivity contribution < 1.29 is 0 Å². The molecule has 0 atom stereocenters. The van der Waals surface area contributed by atoms with E-state index in [1.807, 2.05) is 0 Å². The lowest BCUT2D eigenvalue weighted by Crippen LogP contribution is -1.93. The van der Waals surface area contributed by atoms with Crippen molar-refractivity contribution in [2.75, 3.05) is 0 Å². The van der Waals surface area contributed by atoms with E-state index in [0.29, 0.717) is 0 Å². The van der Waals surface area contributed by atoms with Crippen LogP contribution in [-0.4, -0.2) is 0 Å². The maximum atomic E-state index is 2.68. The quantitative estimate of drug-likeness (QED) is 0.0378. The molecular weight excluding hydrogens is 777 g/mol. The summed E-state index contributed by atoms with van der Waals surface area (Å²) in [6.45, 7) is 14.0. The third-order valence-electron chi connectivity index (χ3n) is 12.7. The predicted molar refractivity (Wildman–Crippen MR) is 271 cm³/mol. The highest BCUT2D eigenvalue weighted by Gasteiger charge is 2.22. The third kappa shape index (κ3) is 14.3. The molecule has 0 saturated carbocycles. The van der Waals surface area contributed by atoms with Gasteiger partial charge in [0.25, 0.3) is 0 Å². The van der Waals surface area contributed by atoms with Crippen molar-refractivity contribution in [1.82, 2.24) is 0 Å². The Morgan fingerprint density at radius 1 is 0.345 bits per heavy atom. The van der Waals surface area contributed by atoms with Crippen molar-refractivity contribution >= 4 is 65.5 Å². The number of thiophene rings is 4. The Morgan fingerprint density at radius 3 is 1.28 bits per heavy atom. The Morgan fingerprint density at radius 2 is 0.741 bits per heavy atom. The van der Waals surface area contributed by atoms with Gasteiger partial charge in [0.2, 0.25) is 0 Å². The number of aryl methyl sites for hydroxylation is 6. The Balaban J connectivity index is 1.38. The summed E-state index contributed by atoms with van der Waals surface area (Å²) in [6.07, 6.45) is 40.7. The monoisotopic (exact) mass is 859 g/mol. The Kier molecular flexibility index (Phi) is 22.0. The van der Waals surface area contributed by atoms with E-state index in [4.69, 9.17) is 0 Å². The summed E-state index contributed by atoms with van der Waals surface area (Å²) in [4.78, 5) is 9.15. The molecule has 4 heterocycles. The van der Waals surface area contributed by atoms with Gasteiger partial charge in [0.15, 0.2) is 0 Å². The third-order valence-corrected chi connectivity index (χ3v) is 17.7. The van der Waals surface area contributed by atoms with Gasteiger partial charge in [-0.15, -0.1) is 45.3 Å². The van der Waals surface area contributed by atoms with Crippen molar-refractivity contribution in [3.8, 4) is 19.5 Å². The van der Waals surface area contributed by atoms with E-state index in [2.05, 4.69) is 111 Å². The molecule has 0 fully saturated rings. The van der Waals surface area contributed by atoms with Gasteiger partial charge in [-0.05, 0) is 123 Å². The molecule has 0 unspecified atom stereocenters. The van der Waals surface area contributed by atoms with Crippen LogP contribution >= 0.6 is 45.3 Å². The summed E-state index contributed by atoms with van der Waals surface area (Å²) in [5.41, 5.74) is 6.53. The second-order valence-corrected chi connectivity index (χ2v) is 22.5. The summed E-state index contributed by atoms with van der Waals surface area (Å²) < 4.78 is 3.22. The first kappa shape index (κ1) is 47.6. The van der Waals surface area contributed by atoms with Crippen molar-refractivity contribution in [1.29, 1.82) is 0 Å². The van der Waals surface area contributed by atoms with E-state index < -0.39 is 0 Å². The van der Waals surface area contributed by atoms with E-state index in [0.717, 1.165) is 0 Å². The minimum Gasteiger partial charge on any atom is -0.140 e. The normalized spacial score (nSPS) is 12.0. The van der Waals surface area contributed by atoms with Crippen molar-refractivity contribution in [3.05, 3.63) is 56.3 Å². The fourth-order valence-electron chi connectivity index (χ4n) is 9.20. The van der Waals surface area contributed by atoms with E-state index in [-0.39, 0.29) is 0 Å². The Bertz CT molecular complexity index is 1810. The molecule has 58 heavy (non-hydrogen) atoms. The molecule has 0 bridgehead atoms. The van der Waals surface area contributed by atoms with Gasteiger partial charge in [-0.3, -0.25) is 0 Å². The maximum Gasteiger partial charge on any atom is 0.0481 e. The smallest absolute Gasteiger partial charge is 0.0481 e. The molecule has 0 aliphatic rings. The van der Waals surface area contributed by atoms with Crippen LogP contribution in [0.3, 0.4) is 0 Å². The molecule has 5 aromatic rings. The van der Waals surface area contributed by atoms with Crippen LogP contribution in [0.4, 0.5) is 0 Å². The highest BCUT2D eigenvalue weighted by atomic mass is 32.1. The van der Waals surface area contributed by atoms with Crippen LogP contribution in [0.2, 0.25) is 0 Å². The summed E-state index contributed by atoms with van der Waals surface area (Å²) >= 11 is 8.39. The average molecular weight is 860 g/mol. The summed E-state index contributed by atoms with van der Waals surface area (Å²) in [5, 5.41) is 3.18. The van der Waals surface area contributed by atoms with Gasteiger partial charge in [-0.2, -0.15) is 0 Å². The molecule has 0 radical (unpaired) electrons. The van der Waals surface area contributed by atoms with E-state index >= 15 is 0 Å². The van der Waals surface area contributed by atoms with Crippen LogP contribution in [0, 0.1) is 13.8 Å². The lowest BCUT2D eigenvalue weighted by atomic mass is 9.95. The fraction of sp³-hybridized carbons (Fsp3) is 0.667. The minimum atomic E-state index is 1.22. The number of benzene rings is 1. The van der Waals surface area contributed by atoms with E-state index in [1.165, 1.54) is 212 Å². The number of rotatable bonds is 32. The number of fused-ring (bicyclic) bond motifs is 2. The second kappa shape index (κ2) is 26.8. The first-order valence-corrected chi connectivity index (χ1v) is 28.0. The predicted octanol–water partition coefficient (Wildman–Crippen LogP) is 20.6. The number of hydrogen-bond donors (Lipinski definition) is 0. The van der Waals surface area contributed by atoms with Crippen LogP contribution in [0.5, 0.6) is 0 Å². The molecule has 5 rings (SSSR count). The van der Waals surface area contributed by atoms with Gasteiger partial charge in [0.1, 0.15) is 0 Å². The van der Waals surface area contributed by atoms with E-state index in [1.54, 1.807) is 52.2 Å². The molecular formula is C54H82S4. The molecule has 0 aliphatic carbocycles. The molecule has 0 N–H and O–H groups in total. The topological polar surface area (TPSA) is 0 Å². The summed E-state index contributed by atoms with van der Waals surface area (Å²) in [7, 11) is 0. The highest BCUT2D eigenvalue weighted by Crippen LogP contribution is 2.49. The van der Waals surface area contributed by atoms with E-state index in [9.17, 15) is 0 Å². The standard InChI is InChI=1S/C54H82S4/c1-7-11-15-19-20-21-22-23-24-25-26-27-28-30-34-44-39-50(49-38-43(42(6)56-49)33-29-16-12-8-2)57-52(44)51-40-48-46(36-32-18-14-10-4)53-47(37-41(5)55-53)45(54(48)58-51)35-31-17-13-9-3/h37-40H,7-36H2,1-6H3. The molecule has 1 aromatic carbocycles. The summed E-state index contributed by atoms with van der Waals surface area (Å²) in [5.74, 6) is 0. The van der Waals surface area contributed by atoms with Gasteiger partial charge < -0.3 is 0 Å². The molecule has 0 nitrogen and oxygen atoms in total. The lowest BCUT2D eigenvalue weighted by molar-refractivity contribution is 0.535. The van der Waals surface area contributed by atoms with Gasteiger partial charge in [0, 0.05) is 38.7 Å². The van der Waals surface area contributed by atoms with Gasteiger partial charge >= 0.3 is 0 Å². The minimum absolute atomic E-state index is 1.22. The van der Waals surface area contributed by atoms with Crippen molar-refractivity contribution in [3.63, 3.8) is 0 Å². The van der Waals surface area contributed by atoms with Crippen LogP contribution in [0.1, 0.15) is 227 Å². The molecule has 0 aliphatic heterocycles. The summed E-state index contributed by atoms with van der Waals surface area (Å²) in [6, 6.07) is 10.4. The van der Waals surface area contributed by atoms with Crippen LogP contribution < -0.4 is 0 Å². The Labute approximate surface area is 373 Å². The molecule has 322 valence electrons. The molecule has 0 saturated heterocycles. The molecule has 0 spiro atoms. The molecule has 0 amide bonds. The van der Waals surface area contributed by atoms with Crippen molar-refractivity contribution in [2.45, 2.75) is 234 Å². The first-order chi connectivity index (χ1) is 28.5. The van der Waals surface area contributed by atoms with Gasteiger partial charge in [0.05, 0.1) is 0 Å². The molecule has 4 aromatic heterocycles. The van der Waals surface area contributed by atoms with Crippen LogP contribution in [0.25, 0.3) is 39.7 Å². The van der Waals surface area contributed by atoms with Gasteiger partial charge in [-0.25, -0.2) is 0 Å². The highest BCUT2D eigenvalue weighted by molar-refractivity contribution is 7.29. The zero-order valence-electron chi connectivity index (χ0n) is 38.2. The van der Waals surface area contributed by atoms with Crippen molar-refractivity contribution in [2.24, 2.45) is 0 Å². The zero-order valence-corrected chi connectivity index (χ0v) is 41.4. The SMILES string of the molecule is CCCCCCCCCCCCCCCCc1cc(-c2cc(CCCCCC)c(C)s2)sc1-c1cc2c(CCCCCC)c3sc(C)cc3c(CCCCCC)c2s1. The largest absolute Gasteiger partial charge is 0.140 e. The van der Waals surface area contributed by atoms with Crippen LogP contribution in [0.15, 0.2) is 24.3 Å². The fourth-order valence-corrected chi connectivity index (χ4v) is 14.1. The number of hydrogen-bond acceptors (Lipinski definition) is 4. The Hall–Kier alpha value is -1.46. The lowest BCUT2D eigenvalue weighted by Gasteiger charge is -2.11. The molecule has 4 heteroatoms. The average Bonchev–Trinajstić information content (AvgIpc) is 4.02. The zero-order chi connectivity index (χ0) is 41.0. The number of unbranched alkanes of at least 4 members (excludes halogenated alkanes) is 22. The first-order valence-electron chi connectivity index (χ1n) is 24.7. The second-order valence-electron chi connectivity index (χ2n) is 17.8.